The first-order valence-corrected chi connectivity index (χ1v) is 10.3. The van der Waals surface area contributed by atoms with Crippen LogP contribution < -0.4 is 0 Å². The standard InChI is InChI=1S/C23H30O6/c1-14(24)25-18-16(13-15-9-7-6-8-10-15)11-12-17-19(27-22(2,3)26-17)21-20(18)28-23(4,5)29-21/h6-10,13,17-21H,11-12H2,1-5H3/b16-13+/t17-,18+,19-,20+,21+/m1/s1. The van der Waals surface area contributed by atoms with E-state index in [0.717, 1.165) is 17.6 Å². The fraction of sp³-hybridized carbons (Fsp3) is 0.609. The summed E-state index contributed by atoms with van der Waals surface area (Å²) < 4.78 is 30.7. The molecule has 6 heteroatoms. The molecule has 5 atom stereocenters. The Morgan fingerprint density at radius 3 is 2.28 bits per heavy atom. The normalized spacial score (nSPS) is 36.7. The van der Waals surface area contributed by atoms with Crippen molar-refractivity contribution in [1.29, 1.82) is 0 Å². The first-order valence-electron chi connectivity index (χ1n) is 10.3. The van der Waals surface area contributed by atoms with Gasteiger partial charge < -0.3 is 23.7 Å². The zero-order valence-electron chi connectivity index (χ0n) is 17.7. The van der Waals surface area contributed by atoms with Gasteiger partial charge in [0.05, 0.1) is 6.10 Å². The number of carbonyl (C=O) groups excluding carboxylic acids is 1. The largest absolute Gasteiger partial charge is 0.455 e. The summed E-state index contributed by atoms with van der Waals surface area (Å²) in [7, 11) is 0. The van der Waals surface area contributed by atoms with E-state index in [-0.39, 0.29) is 18.2 Å². The number of hydrogen-bond donors (Lipinski definition) is 0. The van der Waals surface area contributed by atoms with Gasteiger partial charge in [-0.3, -0.25) is 4.79 Å². The molecule has 0 spiro atoms. The van der Waals surface area contributed by atoms with Gasteiger partial charge in [-0.1, -0.05) is 36.4 Å². The highest BCUT2D eigenvalue weighted by Gasteiger charge is 2.57. The first kappa shape index (κ1) is 20.5. The second-order valence-electron chi connectivity index (χ2n) is 8.90. The van der Waals surface area contributed by atoms with Crippen molar-refractivity contribution < 1.29 is 28.5 Å². The summed E-state index contributed by atoms with van der Waals surface area (Å²) in [5.41, 5.74) is 2.05. The number of rotatable bonds is 2. The molecule has 0 unspecified atom stereocenters. The van der Waals surface area contributed by atoms with Crippen molar-refractivity contribution in [3.8, 4) is 0 Å². The van der Waals surface area contributed by atoms with Crippen molar-refractivity contribution in [1.82, 2.24) is 0 Å². The number of esters is 1. The van der Waals surface area contributed by atoms with Gasteiger partial charge >= 0.3 is 5.97 Å². The van der Waals surface area contributed by atoms with E-state index >= 15 is 0 Å². The summed E-state index contributed by atoms with van der Waals surface area (Å²) in [6.45, 7) is 9.00. The highest BCUT2D eigenvalue weighted by Crippen LogP contribution is 2.44. The molecule has 0 bridgehead atoms. The van der Waals surface area contributed by atoms with Crippen molar-refractivity contribution in [3.05, 3.63) is 41.5 Å². The average molecular weight is 402 g/mol. The Hall–Kier alpha value is -1.73. The van der Waals surface area contributed by atoms with Crippen LogP contribution in [0.4, 0.5) is 0 Å². The number of ether oxygens (including phenoxy) is 5. The molecular formula is C23H30O6. The molecule has 2 saturated heterocycles. The third kappa shape index (κ3) is 4.40. The fourth-order valence-electron chi connectivity index (χ4n) is 4.57. The molecule has 0 N–H and O–H groups in total. The molecular weight excluding hydrogens is 372 g/mol. The second-order valence-corrected chi connectivity index (χ2v) is 8.90. The average Bonchev–Trinajstić information content (AvgIpc) is 3.11. The van der Waals surface area contributed by atoms with Gasteiger partial charge in [0, 0.05) is 6.92 Å². The molecule has 1 aromatic rings. The molecule has 1 aromatic carbocycles. The van der Waals surface area contributed by atoms with E-state index in [0.29, 0.717) is 6.42 Å². The maximum absolute atomic E-state index is 12.0. The first-order chi connectivity index (χ1) is 13.6. The van der Waals surface area contributed by atoms with Crippen molar-refractivity contribution in [2.75, 3.05) is 0 Å². The Labute approximate surface area is 172 Å². The quantitative estimate of drug-likeness (QED) is 0.701. The smallest absolute Gasteiger partial charge is 0.303 e. The SMILES string of the molecule is CC(=O)O[C@H]1/C(=C/c2ccccc2)CC[C@H]2OC(C)(C)O[C@H]2[C@@H]2OC(C)(C)O[C@H]21. The molecule has 6 nitrogen and oxygen atoms in total. The Balaban J connectivity index is 1.76. The third-order valence-electron chi connectivity index (χ3n) is 5.53. The van der Waals surface area contributed by atoms with Gasteiger partial charge in [-0.25, -0.2) is 0 Å². The molecule has 0 amide bonds. The van der Waals surface area contributed by atoms with Crippen LogP contribution in [-0.2, 0) is 28.5 Å². The summed E-state index contributed by atoms with van der Waals surface area (Å²) in [6.07, 6.45) is 1.71. The van der Waals surface area contributed by atoms with Crippen LogP contribution in [0, 0.1) is 0 Å². The third-order valence-corrected chi connectivity index (χ3v) is 5.53. The fourth-order valence-corrected chi connectivity index (χ4v) is 4.57. The van der Waals surface area contributed by atoms with Crippen LogP contribution in [0.25, 0.3) is 6.08 Å². The van der Waals surface area contributed by atoms with Crippen LogP contribution in [0.15, 0.2) is 35.9 Å². The van der Waals surface area contributed by atoms with E-state index in [1.54, 1.807) is 0 Å². The zero-order chi connectivity index (χ0) is 20.8. The number of hydrogen-bond acceptors (Lipinski definition) is 6. The van der Waals surface area contributed by atoms with Gasteiger partial charge in [-0.05, 0) is 51.7 Å². The second kappa shape index (κ2) is 7.51. The minimum Gasteiger partial charge on any atom is -0.455 e. The predicted molar refractivity (Wildman–Crippen MR) is 107 cm³/mol. The van der Waals surface area contributed by atoms with Gasteiger partial charge in [-0.15, -0.1) is 0 Å². The molecule has 3 fully saturated rings. The van der Waals surface area contributed by atoms with E-state index < -0.39 is 29.9 Å². The zero-order valence-corrected chi connectivity index (χ0v) is 17.7. The summed E-state index contributed by atoms with van der Waals surface area (Å²) >= 11 is 0. The van der Waals surface area contributed by atoms with Crippen LogP contribution in [0.2, 0.25) is 0 Å². The Kier molecular flexibility index (Phi) is 5.32. The van der Waals surface area contributed by atoms with Crippen LogP contribution in [0.3, 0.4) is 0 Å². The number of benzene rings is 1. The minimum atomic E-state index is -0.809. The predicted octanol–water partition coefficient (Wildman–Crippen LogP) is 3.84. The highest BCUT2D eigenvalue weighted by atomic mass is 16.8. The lowest BCUT2D eigenvalue weighted by atomic mass is 9.86. The Morgan fingerprint density at radius 2 is 1.59 bits per heavy atom. The topological polar surface area (TPSA) is 63.2 Å². The van der Waals surface area contributed by atoms with Crippen molar-refractivity contribution in [2.45, 2.75) is 89.6 Å². The van der Waals surface area contributed by atoms with Crippen molar-refractivity contribution in [2.24, 2.45) is 0 Å². The molecule has 3 aliphatic rings. The van der Waals surface area contributed by atoms with Crippen molar-refractivity contribution in [3.63, 3.8) is 0 Å². The molecule has 29 heavy (non-hydrogen) atoms. The maximum atomic E-state index is 12.0. The van der Waals surface area contributed by atoms with Gasteiger partial charge in [0.2, 0.25) is 0 Å². The molecule has 2 heterocycles. The van der Waals surface area contributed by atoms with Gasteiger partial charge in [0.25, 0.3) is 0 Å². The molecule has 158 valence electrons. The lowest BCUT2D eigenvalue weighted by molar-refractivity contribution is -0.176. The van der Waals surface area contributed by atoms with E-state index in [9.17, 15) is 4.79 Å². The van der Waals surface area contributed by atoms with Crippen LogP contribution >= 0.6 is 0 Å². The Bertz CT molecular complexity index is 784. The monoisotopic (exact) mass is 402 g/mol. The number of fused-ring (bicyclic) bond motifs is 3. The summed E-state index contributed by atoms with van der Waals surface area (Å²) in [5, 5.41) is 0. The maximum Gasteiger partial charge on any atom is 0.303 e. The van der Waals surface area contributed by atoms with E-state index in [1.807, 2.05) is 58.0 Å². The molecule has 0 aromatic heterocycles. The van der Waals surface area contributed by atoms with Crippen LogP contribution in [0.1, 0.15) is 53.0 Å². The van der Waals surface area contributed by atoms with E-state index in [4.69, 9.17) is 23.7 Å². The van der Waals surface area contributed by atoms with E-state index in [2.05, 4.69) is 6.08 Å². The lowest BCUT2D eigenvalue weighted by Crippen LogP contribution is -2.50. The molecule has 2 aliphatic heterocycles. The van der Waals surface area contributed by atoms with Gasteiger partial charge in [0.15, 0.2) is 17.7 Å². The van der Waals surface area contributed by atoms with Crippen molar-refractivity contribution >= 4 is 12.0 Å². The lowest BCUT2D eigenvalue weighted by Gasteiger charge is -2.34. The van der Waals surface area contributed by atoms with Crippen LogP contribution in [-0.4, -0.2) is 48.1 Å². The minimum absolute atomic E-state index is 0.118. The van der Waals surface area contributed by atoms with Crippen LogP contribution in [0.5, 0.6) is 0 Å². The molecule has 1 saturated carbocycles. The molecule has 1 aliphatic carbocycles. The summed E-state index contributed by atoms with van der Waals surface area (Å²) in [6, 6.07) is 10.0. The van der Waals surface area contributed by atoms with E-state index in [1.165, 1.54) is 6.92 Å². The molecule has 0 radical (unpaired) electrons. The summed E-state index contributed by atoms with van der Waals surface area (Å²) in [5.74, 6) is -1.85. The highest BCUT2D eigenvalue weighted by molar-refractivity contribution is 5.67. The summed E-state index contributed by atoms with van der Waals surface area (Å²) in [4.78, 5) is 12.0. The Morgan fingerprint density at radius 1 is 0.966 bits per heavy atom. The number of carbonyl (C=O) groups is 1. The van der Waals surface area contributed by atoms with Gasteiger partial charge in [0.1, 0.15) is 18.3 Å². The molecule has 4 rings (SSSR count). The van der Waals surface area contributed by atoms with Gasteiger partial charge in [-0.2, -0.15) is 0 Å².